The Bertz CT molecular complexity index is 718. The normalized spacial score (nSPS) is 10.4. The molecule has 0 spiro atoms. The van der Waals surface area contributed by atoms with E-state index in [-0.39, 0.29) is 6.54 Å². The van der Waals surface area contributed by atoms with Gasteiger partial charge in [0.1, 0.15) is 5.82 Å². The highest BCUT2D eigenvalue weighted by molar-refractivity contribution is 7.11. The first-order chi connectivity index (χ1) is 9.88. The molecule has 2 rings (SSSR count). The fourth-order valence-electron chi connectivity index (χ4n) is 1.60. The molecule has 1 aromatic heterocycles. The average Bonchev–Trinajstić information content (AvgIpc) is 2.83. The van der Waals surface area contributed by atoms with Gasteiger partial charge in [-0.15, -0.1) is 11.3 Å². The van der Waals surface area contributed by atoms with E-state index in [0.29, 0.717) is 12.1 Å². The van der Waals surface area contributed by atoms with Crippen LogP contribution in [0, 0.1) is 28.7 Å². The Morgan fingerprint density at radius 3 is 2.71 bits per heavy atom. The maximum atomic E-state index is 13.6. The number of aryl methyl sites for hydroxylation is 1. The molecular formula is C12H9F2N3O3S. The van der Waals surface area contributed by atoms with Gasteiger partial charge in [0.15, 0.2) is 0 Å². The number of rotatable bonds is 4. The van der Waals surface area contributed by atoms with Crippen LogP contribution in [0.5, 0.6) is 0 Å². The second kappa shape index (κ2) is 5.92. The number of nitro groups is 1. The molecule has 0 bridgehead atoms. The molecule has 6 nitrogen and oxygen atoms in total. The summed E-state index contributed by atoms with van der Waals surface area (Å²) in [6.07, 6.45) is 1.56. The van der Waals surface area contributed by atoms with Gasteiger partial charge in [-0.3, -0.25) is 14.9 Å². The summed E-state index contributed by atoms with van der Waals surface area (Å²) < 4.78 is 27.0. The van der Waals surface area contributed by atoms with E-state index < -0.39 is 33.7 Å². The van der Waals surface area contributed by atoms with E-state index in [1.54, 1.807) is 13.1 Å². The highest BCUT2D eigenvalue weighted by atomic mass is 32.1. The molecule has 1 heterocycles. The minimum Gasteiger partial charge on any atom is -0.347 e. The van der Waals surface area contributed by atoms with Crippen molar-refractivity contribution < 1.29 is 18.5 Å². The molecule has 0 aliphatic rings. The summed E-state index contributed by atoms with van der Waals surface area (Å²) in [5.74, 6) is -3.27. The van der Waals surface area contributed by atoms with Crippen LogP contribution >= 0.6 is 11.3 Å². The topological polar surface area (TPSA) is 85.1 Å². The lowest BCUT2D eigenvalue weighted by Crippen LogP contribution is -2.23. The predicted molar refractivity (Wildman–Crippen MR) is 71.0 cm³/mol. The lowest BCUT2D eigenvalue weighted by molar-refractivity contribution is -0.387. The van der Waals surface area contributed by atoms with E-state index in [0.717, 1.165) is 9.88 Å². The molecule has 0 atom stereocenters. The Morgan fingerprint density at radius 1 is 1.43 bits per heavy atom. The van der Waals surface area contributed by atoms with Gasteiger partial charge in [0.2, 0.25) is 5.82 Å². The van der Waals surface area contributed by atoms with Crippen LogP contribution in [0.15, 0.2) is 18.3 Å². The molecule has 1 amide bonds. The van der Waals surface area contributed by atoms with Gasteiger partial charge in [-0.2, -0.15) is 4.39 Å². The molecular weight excluding hydrogens is 304 g/mol. The van der Waals surface area contributed by atoms with Crippen LogP contribution in [0.25, 0.3) is 0 Å². The molecule has 0 unspecified atom stereocenters. The summed E-state index contributed by atoms with van der Waals surface area (Å²) in [5, 5.41) is 13.7. The van der Waals surface area contributed by atoms with Crippen molar-refractivity contribution >= 4 is 22.9 Å². The zero-order chi connectivity index (χ0) is 15.6. The van der Waals surface area contributed by atoms with Gasteiger partial charge in [-0.05, 0) is 13.0 Å². The molecule has 1 aromatic carbocycles. The van der Waals surface area contributed by atoms with Crippen molar-refractivity contribution in [2.24, 2.45) is 0 Å². The number of nitrogens with zero attached hydrogens (tertiary/aromatic N) is 2. The van der Waals surface area contributed by atoms with E-state index in [1.165, 1.54) is 11.3 Å². The first-order valence-electron chi connectivity index (χ1n) is 5.71. The van der Waals surface area contributed by atoms with Crippen molar-refractivity contribution in [2.45, 2.75) is 13.5 Å². The molecule has 21 heavy (non-hydrogen) atoms. The average molecular weight is 313 g/mol. The highest BCUT2D eigenvalue weighted by Crippen LogP contribution is 2.21. The molecule has 0 radical (unpaired) electrons. The van der Waals surface area contributed by atoms with Crippen LogP contribution in [-0.2, 0) is 6.54 Å². The first-order valence-corrected chi connectivity index (χ1v) is 6.53. The number of carbonyl (C=O) groups is 1. The van der Waals surface area contributed by atoms with Gasteiger partial charge in [0, 0.05) is 11.1 Å². The summed E-state index contributed by atoms with van der Waals surface area (Å²) in [7, 11) is 0. The third-order valence-electron chi connectivity index (χ3n) is 2.57. The largest absolute Gasteiger partial charge is 0.347 e. The molecule has 1 N–H and O–H groups in total. The third kappa shape index (κ3) is 3.37. The van der Waals surface area contributed by atoms with Crippen molar-refractivity contribution in [1.82, 2.24) is 10.3 Å². The van der Waals surface area contributed by atoms with Crippen molar-refractivity contribution in [2.75, 3.05) is 0 Å². The van der Waals surface area contributed by atoms with E-state index in [9.17, 15) is 23.7 Å². The molecule has 9 heteroatoms. The maximum absolute atomic E-state index is 13.6. The number of thiazole rings is 1. The summed E-state index contributed by atoms with van der Waals surface area (Å²) in [6.45, 7) is 1.91. The Morgan fingerprint density at radius 2 is 2.14 bits per heavy atom. The van der Waals surface area contributed by atoms with Crippen molar-refractivity contribution in [1.29, 1.82) is 0 Å². The quantitative estimate of drug-likeness (QED) is 0.694. The maximum Gasteiger partial charge on any atom is 0.307 e. The molecule has 0 saturated heterocycles. The smallest absolute Gasteiger partial charge is 0.307 e. The summed E-state index contributed by atoms with van der Waals surface area (Å²) in [5.41, 5.74) is -1.60. The Kier molecular flexibility index (Phi) is 4.22. The Hall–Kier alpha value is -2.42. The van der Waals surface area contributed by atoms with Crippen LogP contribution < -0.4 is 5.32 Å². The van der Waals surface area contributed by atoms with Gasteiger partial charge in [-0.1, -0.05) is 0 Å². The van der Waals surface area contributed by atoms with Crippen LogP contribution in [0.2, 0.25) is 0 Å². The lowest BCUT2D eigenvalue weighted by Gasteiger charge is -2.05. The number of halogens is 2. The fraction of sp³-hybridized carbons (Fsp3) is 0.167. The van der Waals surface area contributed by atoms with Crippen LogP contribution in [0.3, 0.4) is 0 Å². The zero-order valence-electron chi connectivity index (χ0n) is 10.7. The number of nitro benzene ring substituents is 1. The molecule has 0 aliphatic heterocycles. The van der Waals surface area contributed by atoms with Gasteiger partial charge in [0.05, 0.1) is 28.1 Å². The molecule has 0 fully saturated rings. The molecule has 110 valence electrons. The van der Waals surface area contributed by atoms with E-state index in [2.05, 4.69) is 10.3 Å². The van der Waals surface area contributed by atoms with Crippen molar-refractivity contribution in [3.8, 4) is 0 Å². The highest BCUT2D eigenvalue weighted by Gasteiger charge is 2.21. The monoisotopic (exact) mass is 313 g/mol. The second-order valence-electron chi connectivity index (χ2n) is 4.07. The van der Waals surface area contributed by atoms with Gasteiger partial charge >= 0.3 is 5.69 Å². The van der Waals surface area contributed by atoms with Gasteiger partial charge in [-0.25, -0.2) is 9.37 Å². The molecule has 0 aliphatic carbocycles. The van der Waals surface area contributed by atoms with Crippen LogP contribution in [-0.4, -0.2) is 15.8 Å². The molecule has 2 aromatic rings. The van der Waals surface area contributed by atoms with E-state index in [1.807, 2.05) is 0 Å². The number of aromatic nitrogens is 1. The SMILES string of the molecule is Cc1ncc(CNC(=O)c2cc(F)c([N+](=O)[O-])cc2F)s1. The second-order valence-corrected chi connectivity index (χ2v) is 5.39. The van der Waals surface area contributed by atoms with Crippen LogP contribution in [0.4, 0.5) is 14.5 Å². The minimum atomic E-state index is -1.26. The summed E-state index contributed by atoms with van der Waals surface area (Å²) in [6, 6.07) is 0.905. The van der Waals surface area contributed by atoms with Crippen molar-refractivity contribution in [3.63, 3.8) is 0 Å². The minimum absolute atomic E-state index is 0.113. The Balaban J connectivity index is 2.15. The van der Waals surface area contributed by atoms with Gasteiger partial charge < -0.3 is 5.32 Å². The number of benzene rings is 1. The van der Waals surface area contributed by atoms with Crippen molar-refractivity contribution in [3.05, 3.63) is 55.5 Å². The fourth-order valence-corrected chi connectivity index (χ4v) is 2.33. The Labute approximate surface area is 121 Å². The lowest BCUT2D eigenvalue weighted by atomic mass is 10.1. The van der Waals surface area contributed by atoms with Crippen LogP contribution in [0.1, 0.15) is 20.2 Å². The number of amides is 1. The van der Waals surface area contributed by atoms with E-state index >= 15 is 0 Å². The standard InChI is InChI=1S/C12H9F2N3O3S/c1-6-15-4-7(21-6)5-16-12(18)8-2-10(14)11(17(19)20)3-9(8)13/h2-4H,5H2,1H3,(H,16,18). The number of hydrogen-bond acceptors (Lipinski definition) is 5. The summed E-state index contributed by atoms with van der Waals surface area (Å²) >= 11 is 1.36. The number of carbonyl (C=O) groups excluding carboxylic acids is 1. The molecule has 0 saturated carbocycles. The summed E-state index contributed by atoms with van der Waals surface area (Å²) in [4.78, 5) is 25.9. The predicted octanol–water partition coefficient (Wildman–Crippen LogP) is 2.57. The zero-order valence-corrected chi connectivity index (χ0v) is 11.5. The number of hydrogen-bond donors (Lipinski definition) is 1. The number of nitrogens with one attached hydrogen (secondary N) is 1. The van der Waals surface area contributed by atoms with E-state index in [4.69, 9.17) is 0 Å². The van der Waals surface area contributed by atoms with Gasteiger partial charge in [0.25, 0.3) is 5.91 Å². The first kappa shape index (κ1) is 15.0. The third-order valence-corrected chi connectivity index (χ3v) is 3.48.